The van der Waals surface area contributed by atoms with Gasteiger partial charge in [-0.15, -0.1) is 12.4 Å². The van der Waals surface area contributed by atoms with Gasteiger partial charge in [-0.2, -0.15) is 0 Å². The molecule has 1 saturated heterocycles. The molecule has 4 nitrogen and oxygen atoms in total. The Morgan fingerprint density at radius 3 is 2.74 bits per heavy atom. The van der Waals surface area contributed by atoms with Gasteiger partial charge in [0, 0.05) is 23.6 Å². The van der Waals surface area contributed by atoms with Gasteiger partial charge >= 0.3 is 0 Å². The molecule has 0 bridgehead atoms. The van der Waals surface area contributed by atoms with Crippen molar-refractivity contribution in [1.82, 2.24) is 0 Å². The Balaban J connectivity index is 0.00000192. The molecule has 3 N–H and O–H groups in total. The number of amides is 1. The summed E-state index contributed by atoms with van der Waals surface area (Å²) in [7, 11) is 0. The number of carbonyl (C=O) groups excluding carboxylic acids is 1. The molecular formula is C18H27ClN2O2. The Morgan fingerprint density at radius 1 is 1.35 bits per heavy atom. The highest BCUT2D eigenvalue weighted by molar-refractivity contribution is 6.00. The summed E-state index contributed by atoms with van der Waals surface area (Å²) in [5, 5.41) is 3.06. The molecular weight excluding hydrogens is 312 g/mol. The third kappa shape index (κ3) is 2.57. The highest BCUT2D eigenvalue weighted by Gasteiger charge is 2.70. The standard InChI is InChI=1S/C18H26N2O2.ClH/c1-11-7-8-12(2)14(10-11)20-16(21)18(19)13-6-5-9-22-15(13)17(18,3)4;/h7-8,10,13,15H,5-6,9,19H2,1-4H3,(H,20,21);1H. The molecule has 1 aliphatic carbocycles. The van der Waals surface area contributed by atoms with Crippen molar-refractivity contribution in [2.45, 2.75) is 52.2 Å². The maximum absolute atomic E-state index is 13.0. The summed E-state index contributed by atoms with van der Waals surface area (Å²) >= 11 is 0. The van der Waals surface area contributed by atoms with Crippen LogP contribution in [0.3, 0.4) is 0 Å². The van der Waals surface area contributed by atoms with Gasteiger partial charge in [-0.1, -0.05) is 26.0 Å². The SMILES string of the molecule is Cc1ccc(C)c(NC(=O)C2(N)C3CCCOC3C2(C)C)c1.Cl. The summed E-state index contributed by atoms with van der Waals surface area (Å²) < 4.78 is 5.87. The van der Waals surface area contributed by atoms with E-state index in [-0.39, 0.29) is 35.8 Å². The van der Waals surface area contributed by atoms with Gasteiger partial charge in [0.1, 0.15) is 5.54 Å². The van der Waals surface area contributed by atoms with Crippen LogP contribution in [0, 0.1) is 25.2 Å². The van der Waals surface area contributed by atoms with Crippen molar-refractivity contribution < 1.29 is 9.53 Å². The highest BCUT2D eigenvalue weighted by atomic mass is 35.5. The first-order chi connectivity index (χ1) is 10.3. The van der Waals surface area contributed by atoms with E-state index < -0.39 is 5.54 Å². The summed E-state index contributed by atoms with van der Waals surface area (Å²) in [6, 6.07) is 6.06. The number of nitrogens with one attached hydrogen (secondary N) is 1. The van der Waals surface area contributed by atoms with Crippen LogP contribution in [0.4, 0.5) is 5.69 Å². The molecule has 2 aliphatic rings. The lowest BCUT2D eigenvalue weighted by molar-refractivity contribution is -0.222. The molecule has 0 aromatic heterocycles. The Morgan fingerprint density at radius 2 is 2.04 bits per heavy atom. The third-order valence-electron chi connectivity index (χ3n) is 5.70. The number of hydrogen-bond donors (Lipinski definition) is 2. The van der Waals surface area contributed by atoms with Gasteiger partial charge in [-0.25, -0.2) is 0 Å². The predicted octanol–water partition coefficient (Wildman–Crippen LogP) is 3.20. The van der Waals surface area contributed by atoms with Crippen LogP contribution in [0.1, 0.15) is 37.8 Å². The Labute approximate surface area is 144 Å². The number of rotatable bonds is 2. The molecule has 128 valence electrons. The normalized spacial score (nSPS) is 31.3. The van der Waals surface area contributed by atoms with Crippen LogP contribution in [-0.2, 0) is 9.53 Å². The summed E-state index contributed by atoms with van der Waals surface area (Å²) in [6.45, 7) is 8.88. The monoisotopic (exact) mass is 338 g/mol. The minimum atomic E-state index is -0.867. The van der Waals surface area contributed by atoms with Crippen molar-refractivity contribution in [3.8, 4) is 0 Å². The van der Waals surface area contributed by atoms with Gasteiger partial charge in [-0.05, 0) is 43.9 Å². The van der Waals surface area contributed by atoms with Crippen LogP contribution >= 0.6 is 12.4 Å². The molecule has 0 radical (unpaired) electrons. The van der Waals surface area contributed by atoms with E-state index in [1.54, 1.807) is 0 Å². The zero-order chi connectivity index (χ0) is 16.1. The first-order valence-electron chi connectivity index (χ1n) is 8.07. The molecule has 1 aromatic carbocycles. The maximum Gasteiger partial charge on any atom is 0.245 e. The minimum absolute atomic E-state index is 0. The van der Waals surface area contributed by atoms with Crippen molar-refractivity contribution in [2.24, 2.45) is 17.1 Å². The fourth-order valence-electron chi connectivity index (χ4n) is 4.13. The lowest BCUT2D eigenvalue weighted by atomic mass is 9.46. The summed E-state index contributed by atoms with van der Waals surface area (Å²) in [5.41, 5.74) is 8.44. The van der Waals surface area contributed by atoms with Gasteiger partial charge in [0.2, 0.25) is 5.91 Å². The Kier molecular flexibility index (Phi) is 4.82. The van der Waals surface area contributed by atoms with Gasteiger partial charge in [0.05, 0.1) is 6.10 Å². The first-order valence-corrected chi connectivity index (χ1v) is 8.07. The lowest BCUT2D eigenvalue weighted by Crippen LogP contribution is -2.81. The number of anilines is 1. The molecule has 1 heterocycles. The van der Waals surface area contributed by atoms with E-state index in [0.29, 0.717) is 0 Å². The van der Waals surface area contributed by atoms with Crippen LogP contribution in [0.15, 0.2) is 18.2 Å². The van der Waals surface area contributed by atoms with Crippen molar-refractivity contribution >= 4 is 24.0 Å². The molecule has 3 atom stereocenters. The van der Waals surface area contributed by atoms with Crippen LogP contribution in [-0.4, -0.2) is 24.2 Å². The van der Waals surface area contributed by atoms with Gasteiger partial charge < -0.3 is 15.8 Å². The Bertz CT molecular complexity index is 617. The van der Waals surface area contributed by atoms with Gasteiger partial charge in [0.15, 0.2) is 0 Å². The number of hydrogen-bond acceptors (Lipinski definition) is 3. The van der Waals surface area contributed by atoms with Gasteiger partial charge in [-0.3, -0.25) is 4.79 Å². The van der Waals surface area contributed by atoms with E-state index in [2.05, 4.69) is 5.32 Å². The summed E-state index contributed by atoms with van der Waals surface area (Å²) in [6.07, 6.45) is 2.04. The van der Waals surface area contributed by atoms with Gasteiger partial charge in [0.25, 0.3) is 0 Å². The predicted molar refractivity (Wildman–Crippen MR) is 95.0 cm³/mol. The third-order valence-corrected chi connectivity index (χ3v) is 5.70. The van der Waals surface area contributed by atoms with Crippen LogP contribution in [0.2, 0.25) is 0 Å². The molecule has 0 spiro atoms. The molecule has 2 fully saturated rings. The smallest absolute Gasteiger partial charge is 0.245 e. The van der Waals surface area contributed by atoms with E-state index in [1.165, 1.54) is 0 Å². The van der Waals surface area contributed by atoms with Crippen molar-refractivity contribution in [3.05, 3.63) is 29.3 Å². The molecule has 1 amide bonds. The zero-order valence-corrected chi connectivity index (χ0v) is 15.1. The zero-order valence-electron chi connectivity index (χ0n) is 14.3. The van der Waals surface area contributed by atoms with Crippen molar-refractivity contribution in [3.63, 3.8) is 0 Å². The fourth-order valence-corrected chi connectivity index (χ4v) is 4.13. The molecule has 3 rings (SSSR count). The molecule has 23 heavy (non-hydrogen) atoms. The van der Waals surface area contributed by atoms with Crippen LogP contribution in [0.25, 0.3) is 0 Å². The van der Waals surface area contributed by atoms with E-state index in [4.69, 9.17) is 10.5 Å². The molecule has 1 aromatic rings. The number of ether oxygens (including phenoxy) is 1. The van der Waals surface area contributed by atoms with E-state index in [9.17, 15) is 4.79 Å². The number of nitrogens with two attached hydrogens (primary N) is 1. The fraction of sp³-hybridized carbons (Fsp3) is 0.611. The average molecular weight is 339 g/mol. The first kappa shape index (κ1) is 18.2. The number of fused-ring (bicyclic) bond motifs is 1. The minimum Gasteiger partial charge on any atom is -0.377 e. The van der Waals surface area contributed by atoms with Crippen LogP contribution in [0.5, 0.6) is 0 Å². The lowest BCUT2D eigenvalue weighted by Gasteiger charge is -2.65. The summed E-state index contributed by atoms with van der Waals surface area (Å²) in [5.74, 6) is 0.0271. The number of halogens is 1. The number of benzene rings is 1. The highest BCUT2D eigenvalue weighted by Crippen LogP contribution is 2.57. The second-order valence-electron chi connectivity index (χ2n) is 7.40. The van der Waals surface area contributed by atoms with Crippen molar-refractivity contribution in [1.29, 1.82) is 0 Å². The van der Waals surface area contributed by atoms with Crippen molar-refractivity contribution in [2.75, 3.05) is 11.9 Å². The second-order valence-corrected chi connectivity index (χ2v) is 7.40. The average Bonchev–Trinajstić information content (AvgIpc) is 2.50. The topological polar surface area (TPSA) is 64.4 Å². The molecule has 1 saturated carbocycles. The molecule has 5 heteroatoms. The Hall–Kier alpha value is -1.10. The van der Waals surface area contributed by atoms with E-state index in [0.717, 1.165) is 36.3 Å². The molecule has 1 aliphatic heterocycles. The number of aryl methyl sites for hydroxylation is 2. The largest absolute Gasteiger partial charge is 0.377 e. The maximum atomic E-state index is 13.0. The summed E-state index contributed by atoms with van der Waals surface area (Å²) in [4.78, 5) is 13.0. The van der Waals surface area contributed by atoms with E-state index in [1.807, 2.05) is 45.9 Å². The van der Waals surface area contributed by atoms with E-state index >= 15 is 0 Å². The quantitative estimate of drug-likeness (QED) is 0.870. The molecule has 3 unspecified atom stereocenters. The number of carbonyl (C=O) groups is 1. The second kappa shape index (κ2) is 6.08. The van der Waals surface area contributed by atoms with Crippen LogP contribution < -0.4 is 11.1 Å².